The van der Waals surface area contributed by atoms with Gasteiger partial charge in [-0.3, -0.25) is 0 Å². The van der Waals surface area contributed by atoms with Gasteiger partial charge in [0, 0.05) is 37.2 Å². The van der Waals surface area contributed by atoms with Gasteiger partial charge in [-0.05, 0) is 127 Å². The molecular weight excluding hydrogens is 743 g/mol. The van der Waals surface area contributed by atoms with E-state index in [0.717, 1.165) is 17.1 Å². The van der Waals surface area contributed by atoms with Gasteiger partial charge in [0.15, 0.2) is 0 Å². The Bertz CT molecular complexity index is 3320. The molecule has 1 nitrogen and oxygen atoms in total. The van der Waals surface area contributed by atoms with Gasteiger partial charge in [-0.1, -0.05) is 176 Å². The van der Waals surface area contributed by atoms with Crippen LogP contribution in [0.2, 0.25) is 0 Å². The SMILES string of the molecule is c1ccc(-c2cccc(-c3cccc(N(c4ccc(-c5cccc(-c6cccc7c6sc6ccccc67)c5)cc4)c4cccc(-c5ccc6ccccc6c5)c4)c3)c2)cc1. The maximum Gasteiger partial charge on any atom is 0.0467 e. The lowest BCUT2D eigenvalue weighted by Gasteiger charge is -2.27. The number of thiophene rings is 1. The molecule has 0 saturated heterocycles. The molecular formula is C58H39NS. The summed E-state index contributed by atoms with van der Waals surface area (Å²) in [5.41, 5.74) is 15.3. The van der Waals surface area contributed by atoms with Crippen LogP contribution < -0.4 is 4.90 Å². The lowest BCUT2D eigenvalue weighted by molar-refractivity contribution is 1.28. The topological polar surface area (TPSA) is 3.24 Å². The fourth-order valence-electron chi connectivity index (χ4n) is 8.62. The standard InChI is InChI=1S/C58H39NS/c1-2-13-40(14-3-1)44-17-8-19-46(35-44)47-20-10-23-52(38-47)59(53-24-11-21-48(39-53)49-30-29-41-15-4-5-16-43(41)36-49)51-33-31-42(32-34-51)45-18-9-22-50(37-45)54-26-12-27-56-55-25-6-7-28-57(55)60-58(54)56/h1-39H. The van der Waals surface area contributed by atoms with Crippen LogP contribution in [0.25, 0.3) is 86.6 Å². The Morgan fingerprint density at radius 2 is 0.750 bits per heavy atom. The highest BCUT2D eigenvalue weighted by Crippen LogP contribution is 2.42. The van der Waals surface area contributed by atoms with E-state index in [9.17, 15) is 0 Å². The fraction of sp³-hybridized carbons (Fsp3) is 0. The zero-order valence-electron chi connectivity index (χ0n) is 32.9. The van der Waals surface area contributed by atoms with Crippen molar-refractivity contribution in [3.05, 3.63) is 237 Å². The quantitative estimate of drug-likeness (QED) is 0.148. The summed E-state index contributed by atoms with van der Waals surface area (Å²) in [5.74, 6) is 0. The Hall–Kier alpha value is -7.52. The molecule has 0 fully saturated rings. The van der Waals surface area contributed by atoms with Crippen LogP contribution in [0.1, 0.15) is 0 Å². The Morgan fingerprint density at radius 1 is 0.267 bits per heavy atom. The molecule has 1 aromatic heterocycles. The monoisotopic (exact) mass is 781 g/mol. The van der Waals surface area contributed by atoms with Crippen LogP contribution >= 0.6 is 11.3 Å². The number of nitrogens with zero attached hydrogens (tertiary/aromatic N) is 1. The van der Waals surface area contributed by atoms with Crippen molar-refractivity contribution in [1.82, 2.24) is 0 Å². The molecule has 10 aromatic carbocycles. The zero-order chi connectivity index (χ0) is 39.8. The average Bonchev–Trinajstić information content (AvgIpc) is 3.71. The largest absolute Gasteiger partial charge is 0.310 e. The van der Waals surface area contributed by atoms with Gasteiger partial charge in [0.1, 0.15) is 0 Å². The smallest absolute Gasteiger partial charge is 0.0467 e. The third-order valence-electron chi connectivity index (χ3n) is 11.6. The molecule has 282 valence electrons. The summed E-state index contributed by atoms with van der Waals surface area (Å²) in [7, 11) is 0. The third-order valence-corrected chi connectivity index (χ3v) is 12.9. The fourth-order valence-corrected chi connectivity index (χ4v) is 9.86. The normalized spacial score (nSPS) is 11.3. The maximum absolute atomic E-state index is 2.39. The van der Waals surface area contributed by atoms with Crippen molar-refractivity contribution in [1.29, 1.82) is 0 Å². The van der Waals surface area contributed by atoms with Gasteiger partial charge < -0.3 is 4.90 Å². The number of rotatable bonds is 8. The summed E-state index contributed by atoms with van der Waals surface area (Å²) in [4.78, 5) is 2.39. The highest BCUT2D eigenvalue weighted by atomic mass is 32.1. The predicted molar refractivity (Wildman–Crippen MR) is 259 cm³/mol. The van der Waals surface area contributed by atoms with E-state index in [4.69, 9.17) is 0 Å². The molecule has 0 bridgehead atoms. The molecule has 11 rings (SSSR count). The summed E-state index contributed by atoms with van der Waals surface area (Å²) in [6, 6.07) is 86.1. The number of hydrogen-bond donors (Lipinski definition) is 0. The molecule has 0 amide bonds. The number of benzene rings is 10. The molecule has 0 spiro atoms. The van der Waals surface area contributed by atoms with E-state index in [0.29, 0.717) is 0 Å². The van der Waals surface area contributed by atoms with E-state index in [1.807, 2.05) is 11.3 Å². The van der Waals surface area contributed by atoms with E-state index in [1.54, 1.807) is 0 Å². The average molecular weight is 782 g/mol. The van der Waals surface area contributed by atoms with E-state index in [2.05, 4.69) is 241 Å². The second kappa shape index (κ2) is 15.3. The van der Waals surface area contributed by atoms with Crippen molar-refractivity contribution in [3.8, 4) is 55.6 Å². The van der Waals surface area contributed by atoms with Crippen molar-refractivity contribution in [3.63, 3.8) is 0 Å². The van der Waals surface area contributed by atoms with E-state index in [-0.39, 0.29) is 0 Å². The first kappa shape index (κ1) is 35.6. The molecule has 0 aliphatic heterocycles. The Balaban J connectivity index is 0.990. The molecule has 60 heavy (non-hydrogen) atoms. The van der Waals surface area contributed by atoms with Gasteiger partial charge in [-0.25, -0.2) is 0 Å². The van der Waals surface area contributed by atoms with Crippen molar-refractivity contribution in [2.24, 2.45) is 0 Å². The molecule has 0 saturated carbocycles. The van der Waals surface area contributed by atoms with Gasteiger partial charge in [-0.2, -0.15) is 0 Å². The first-order valence-electron chi connectivity index (χ1n) is 20.5. The third kappa shape index (κ3) is 6.73. The molecule has 11 aromatic rings. The molecule has 0 radical (unpaired) electrons. The second-order valence-corrected chi connectivity index (χ2v) is 16.4. The van der Waals surface area contributed by atoms with Gasteiger partial charge in [0.25, 0.3) is 0 Å². The summed E-state index contributed by atoms with van der Waals surface area (Å²) >= 11 is 1.88. The summed E-state index contributed by atoms with van der Waals surface area (Å²) in [6.07, 6.45) is 0. The predicted octanol–water partition coefficient (Wildman–Crippen LogP) is 17.0. The highest BCUT2D eigenvalue weighted by Gasteiger charge is 2.16. The Labute approximate surface area is 354 Å². The molecule has 0 aliphatic rings. The van der Waals surface area contributed by atoms with Crippen molar-refractivity contribution in [2.75, 3.05) is 4.90 Å². The number of anilines is 3. The van der Waals surface area contributed by atoms with Crippen LogP contribution in [-0.4, -0.2) is 0 Å². The first-order valence-corrected chi connectivity index (χ1v) is 21.3. The summed E-state index contributed by atoms with van der Waals surface area (Å²) < 4.78 is 2.66. The molecule has 0 N–H and O–H groups in total. The van der Waals surface area contributed by atoms with Crippen molar-refractivity contribution < 1.29 is 0 Å². The molecule has 1 heterocycles. The van der Waals surface area contributed by atoms with E-state index < -0.39 is 0 Å². The van der Waals surface area contributed by atoms with Crippen LogP contribution in [0.15, 0.2) is 237 Å². The zero-order valence-corrected chi connectivity index (χ0v) is 33.7. The maximum atomic E-state index is 2.39. The highest BCUT2D eigenvalue weighted by molar-refractivity contribution is 7.26. The Kier molecular flexibility index (Phi) is 9.11. The number of hydrogen-bond acceptors (Lipinski definition) is 2. The minimum atomic E-state index is 1.09. The molecule has 0 unspecified atom stereocenters. The van der Waals surface area contributed by atoms with Crippen LogP contribution in [0, 0.1) is 0 Å². The van der Waals surface area contributed by atoms with Crippen LogP contribution in [0.3, 0.4) is 0 Å². The lowest BCUT2D eigenvalue weighted by Crippen LogP contribution is -2.10. The number of fused-ring (bicyclic) bond motifs is 4. The van der Waals surface area contributed by atoms with Gasteiger partial charge >= 0.3 is 0 Å². The Morgan fingerprint density at radius 3 is 1.48 bits per heavy atom. The van der Waals surface area contributed by atoms with Crippen LogP contribution in [0.4, 0.5) is 17.1 Å². The minimum Gasteiger partial charge on any atom is -0.310 e. The molecule has 2 heteroatoms. The van der Waals surface area contributed by atoms with Gasteiger partial charge in [0.2, 0.25) is 0 Å². The first-order chi connectivity index (χ1) is 29.7. The van der Waals surface area contributed by atoms with Gasteiger partial charge in [-0.15, -0.1) is 11.3 Å². The molecule has 0 aliphatic carbocycles. The second-order valence-electron chi connectivity index (χ2n) is 15.4. The summed E-state index contributed by atoms with van der Waals surface area (Å²) in [6.45, 7) is 0. The van der Waals surface area contributed by atoms with E-state index in [1.165, 1.54) is 86.6 Å². The van der Waals surface area contributed by atoms with Crippen molar-refractivity contribution in [2.45, 2.75) is 0 Å². The van der Waals surface area contributed by atoms with Gasteiger partial charge in [0.05, 0.1) is 0 Å². The minimum absolute atomic E-state index is 1.09. The van der Waals surface area contributed by atoms with Crippen LogP contribution in [0.5, 0.6) is 0 Å². The molecule has 0 atom stereocenters. The van der Waals surface area contributed by atoms with Crippen molar-refractivity contribution >= 4 is 59.3 Å². The lowest BCUT2D eigenvalue weighted by atomic mass is 9.97. The van der Waals surface area contributed by atoms with E-state index >= 15 is 0 Å². The summed E-state index contributed by atoms with van der Waals surface area (Å²) in [5, 5.41) is 5.13. The van der Waals surface area contributed by atoms with Crippen LogP contribution in [-0.2, 0) is 0 Å².